The molecule has 1 aliphatic rings. The fraction of sp³-hybridized carbons (Fsp3) is 0.316. The van der Waals surface area contributed by atoms with Gasteiger partial charge in [0.25, 0.3) is 5.91 Å². The second-order valence-corrected chi connectivity index (χ2v) is 7.45. The van der Waals surface area contributed by atoms with Crippen LogP contribution < -0.4 is 4.72 Å². The number of benzene rings is 2. The first kappa shape index (κ1) is 21.1. The quantitative estimate of drug-likeness (QED) is 0.569. The minimum absolute atomic E-state index is 0.224. The number of carbonyl (C=O) groups excluding carboxylic acids is 1. The Morgan fingerprint density at radius 2 is 1.55 bits per heavy atom. The first-order chi connectivity index (χ1) is 13.8. The summed E-state index contributed by atoms with van der Waals surface area (Å²) in [4.78, 5) is 16.0. The zero-order chi connectivity index (χ0) is 21.1. The molecule has 0 saturated carbocycles. The summed E-state index contributed by atoms with van der Waals surface area (Å²) in [6.07, 6.45) is 0. The van der Waals surface area contributed by atoms with Gasteiger partial charge in [0.05, 0.1) is 0 Å². The third kappa shape index (κ3) is 4.70. The molecule has 0 aromatic heterocycles. The van der Waals surface area contributed by atoms with Crippen LogP contribution in [-0.2, 0) is 10.9 Å². The molecule has 0 spiro atoms. The molecule has 1 saturated heterocycles. The van der Waals surface area contributed by atoms with Crippen LogP contribution in [0.15, 0.2) is 36.4 Å². The van der Waals surface area contributed by atoms with Crippen molar-refractivity contribution in [1.82, 2.24) is 9.80 Å². The van der Waals surface area contributed by atoms with Gasteiger partial charge in [0.2, 0.25) is 10.9 Å². The van der Waals surface area contributed by atoms with Gasteiger partial charge < -0.3 is 4.90 Å². The second-order valence-electron chi connectivity index (χ2n) is 6.71. The van der Waals surface area contributed by atoms with E-state index in [0.29, 0.717) is 37.4 Å². The van der Waals surface area contributed by atoms with E-state index >= 15 is 0 Å². The number of amides is 1. The number of carbonyl (C=O) groups is 1. The minimum Gasteiger partial charge on any atom is -0.336 e. The largest absolute Gasteiger partial charge is 0.336 e. The van der Waals surface area contributed by atoms with E-state index in [1.807, 2.05) is 0 Å². The molecule has 2 aromatic carbocycles. The molecule has 0 radical (unpaired) electrons. The fourth-order valence-corrected chi connectivity index (χ4v) is 3.76. The lowest BCUT2D eigenvalue weighted by molar-refractivity contribution is 0.0575. The number of halogens is 3. The molecular formula is C19H20F3N3O3S. The van der Waals surface area contributed by atoms with Crippen LogP contribution in [0.25, 0.3) is 0 Å². The molecule has 2 aromatic rings. The molecule has 3 rings (SSSR count). The maximum atomic E-state index is 14.1. The monoisotopic (exact) mass is 427 g/mol. The summed E-state index contributed by atoms with van der Waals surface area (Å²) >= 11 is 0. The lowest BCUT2D eigenvalue weighted by Crippen LogP contribution is -2.49. The summed E-state index contributed by atoms with van der Waals surface area (Å²) in [6, 6.07) is 7.02. The number of hydrogen-bond acceptors (Lipinski definition) is 4. The highest BCUT2D eigenvalue weighted by Gasteiger charge is 2.29. The Balaban J connectivity index is 1.64. The van der Waals surface area contributed by atoms with E-state index in [9.17, 15) is 26.4 Å². The summed E-state index contributed by atoms with van der Waals surface area (Å²) in [5, 5.41) is 0. The average Bonchev–Trinajstić information content (AvgIpc) is 2.71. The predicted molar refractivity (Wildman–Crippen MR) is 103 cm³/mol. The number of nitrogens with one attached hydrogen (secondary N) is 1. The first-order valence-electron chi connectivity index (χ1n) is 8.95. The Kier molecular flexibility index (Phi) is 6.43. The highest BCUT2D eigenvalue weighted by molar-refractivity contribution is 7.73. The topological polar surface area (TPSA) is 69.7 Å². The van der Waals surface area contributed by atoms with Gasteiger partial charge in [-0.3, -0.25) is 14.4 Å². The molecule has 1 N–H and O–H groups in total. The van der Waals surface area contributed by atoms with Gasteiger partial charge in [-0.05, 0) is 43.3 Å². The smallest absolute Gasteiger partial charge is 0.253 e. The van der Waals surface area contributed by atoms with E-state index in [-0.39, 0.29) is 11.5 Å². The number of hydrogen-bond donors (Lipinski definition) is 2. The van der Waals surface area contributed by atoms with Crippen molar-refractivity contribution in [3.63, 3.8) is 0 Å². The Morgan fingerprint density at radius 3 is 2.14 bits per heavy atom. The molecule has 1 aliphatic heterocycles. The molecule has 1 heterocycles. The zero-order valence-electron chi connectivity index (χ0n) is 15.6. The van der Waals surface area contributed by atoms with Gasteiger partial charge >= 0.3 is 0 Å². The van der Waals surface area contributed by atoms with Crippen molar-refractivity contribution in [2.24, 2.45) is 0 Å². The predicted octanol–water partition coefficient (Wildman–Crippen LogP) is 2.56. The van der Waals surface area contributed by atoms with E-state index < -0.39 is 34.4 Å². The van der Waals surface area contributed by atoms with Crippen molar-refractivity contribution in [1.29, 1.82) is 0 Å². The number of anilines is 1. The van der Waals surface area contributed by atoms with Crippen molar-refractivity contribution < 1.29 is 26.4 Å². The van der Waals surface area contributed by atoms with Crippen LogP contribution in [0, 0.1) is 17.5 Å². The van der Waals surface area contributed by atoms with Crippen LogP contribution in [-0.4, -0.2) is 50.3 Å². The molecule has 156 valence electrons. The summed E-state index contributed by atoms with van der Waals surface area (Å²) in [6.45, 7) is 3.03. The third-order valence-electron chi connectivity index (χ3n) is 5.00. The van der Waals surface area contributed by atoms with Crippen LogP contribution in [0.2, 0.25) is 0 Å². The highest BCUT2D eigenvalue weighted by atomic mass is 32.2. The van der Waals surface area contributed by atoms with Crippen molar-refractivity contribution in [2.45, 2.75) is 13.0 Å². The van der Waals surface area contributed by atoms with Crippen molar-refractivity contribution >= 4 is 22.5 Å². The van der Waals surface area contributed by atoms with E-state index in [1.165, 1.54) is 24.3 Å². The van der Waals surface area contributed by atoms with Gasteiger partial charge in [0.15, 0.2) is 11.6 Å². The molecule has 1 fully saturated rings. The molecule has 1 atom stereocenters. The number of nitrogens with zero attached hydrogens (tertiary/aromatic N) is 2. The molecule has 10 heteroatoms. The number of piperazine rings is 1. The van der Waals surface area contributed by atoms with Crippen LogP contribution >= 0.6 is 0 Å². The molecular weight excluding hydrogens is 407 g/mol. The lowest BCUT2D eigenvalue weighted by Gasteiger charge is -2.38. The number of rotatable bonds is 5. The molecule has 0 bridgehead atoms. The van der Waals surface area contributed by atoms with E-state index in [4.69, 9.17) is 0 Å². The molecule has 1 unspecified atom stereocenters. The van der Waals surface area contributed by atoms with E-state index in [0.717, 1.165) is 12.1 Å². The minimum atomic E-state index is -2.78. The Morgan fingerprint density at radius 1 is 0.966 bits per heavy atom. The highest BCUT2D eigenvalue weighted by Crippen LogP contribution is 2.28. The Bertz CT molecular complexity index is 967. The van der Waals surface area contributed by atoms with E-state index in [2.05, 4.69) is 4.72 Å². The zero-order valence-corrected chi connectivity index (χ0v) is 16.5. The Labute approximate surface area is 168 Å². The Hall–Kier alpha value is -2.59. The van der Waals surface area contributed by atoms with Crippen molar-refractivity contribution in [2.75, 3.05) is 30.9 Å². The fourth-order valence-electron chi connectivity index (χ4n) is 3.40. The molecule has 1 amide bonds. The standard InChI is InChI=1S/C19H20F3N3O3S/c1-12(17-15(20)6-7-16(21)18(17)22)24-8-10-25(11-9-24)19(26)13-2-4-14(5-3-13)23-29(27)28/h2-7,12,29H,8-11H2,1H3,(H,23,27,28). The average molecular weight is 427 g/mol. The van der Waals surface area contributed by atoms with Gasteiger partial charge in [-0.1, -0.05) is 0 Å². The summed E-state index contributed by atoms with van der Waals surface area (Å²) in [5.41, 5.74) is 0.445. The van der Waals surface area contributed by atoms with Gasteiger partial charge in [-0.15, -0.1) is 0 Å². The van der Waals surface area contributed by atoms with Gasteiger partial charge in [-0.2, -0.15) is 0 Å². The van der Waals surface area contributed by atoms with Crippen LogP contribution in [0.5, 0.6) is 0 Å². The van der Waals surface area contributed by atoms with E-state index in [1.54, 1.807) is 16.7 Å². The van der Waals surface area contributed by atoms with Crippen LogP contribution in [0.3, 0.4) is 0 Å². The lowest BCUT2D eigenvalue weighted by atomic mass is 10.0. The maximum absolute atomic E-state index is 14.1. The normalized spacial score (nSPS) is 16.1. The van der Waals surface area contributed by atoms with Gasteiger partial charge in [0, 0.05) is 49.0 Å². The van der Waals surface area contributed by atoms with Gasteiger partial charge in [0.1, 0.15) is 5.82 Å². The molecule has 6 nitrogen and oxygen atoms in total. The third-order valence-corrected chi connectivity index (χ3v) is 5.44. The second kappa shape index (κ2) is 8.83. The van der Waals surface area contributed by atoms with Crippen LogP contribution in [0.1, 0.15) is 28.9 Å². The summed E-state index contributed by atoms with van der Waals surface area (Å²) in [7, 11) is -2.78. The van der Waals surface area contributed by atoms with Crippen molar-refractivity contribution in [3.05, 3.63) is 65.0 Å². The number of thiol groups is 1. The molecule has 29 heavy (non-hydrogen) atoms. The van der Waals surface area contributed by atoms with Gasteiger partial charge in [-0.25, -0.2) is 21.6 Å². The summed E-state index contributed by atoms with van der Waals surface area (Å²) < 4.78 is 65.1. The summed E-state index contributed by atoms with van der Waals surface area (Å²) in [5.74, 6) is -3.31. The first-order valence-corrected chi connectivity index (χ1v) is 10.1. The van der Waals surface area contributed by atoms with Crippen LogP contribution in [0.4, 0.5) is 18.9 Å². The maximum Gasteiger partial charge on any atom is 0.253 e. The van der Waals surface area contributed by atoms with Crippen molar-refractivity contribution in [3.8, 4) is 0 Å². The SMILES string of the molecule is CC(c1c(F)ccc(F)c1F)N1CCN(C(=O)c2ccc(N[SH](=O)=O)cc2)CC1. The molecule has 0 aliphatic carbocycles.